The summed E-state index contributed by atoms with van der Waals surface area (Å²) < 4.78 is 41.0. The van der Waals surface area contributed by atoms with Gasteiger partial charge in [-0.3, -0.25) is 19.5 Å². The molecule has 0 aliphatic rings. The molecule has 1 heterocycles. The Labute approximate surface area is 172 Å². The van der Waals surface area contributed by atoms with Gasteiger partial charge in [0.1, 0.15) is 0 Å². The number of nitro groups is 1. The molecule has 2 aromatic carbocycles. The van der Waals surface area contributed by atoms with Crippen molar-refractivity contribution in [3.8, 4) is 5.69 Å². The minimum atomic E-state index is -4.67. The molecule has 3 aromatic rings. The van der Waals surface area contributed by atoms with E-state index in [2.05, 4.69) is 15.5 Å². The lowest BCUT2D eigenvalue weighted by Gasteiger charge is -2.13. The summed E-state index contributed by atoms with van der Waals surface area (Å²) in [5.74, 6) is -0.655. The molecule has 8 nitrogen and oxygen atoms in total. The van der Waals surface area contributed by atoms with Crippen LogP contribution in [-0.2, 0) is 12.7 Å². The molecule has 1 amide bonds. The monoisotopic (exact) mass is 437 g/mol. The molecule has 0 fully saturated rings. The zero-order valence-electron chi connectivity index (χ0n) is 15.4. The number of rotatable bonds is 6. The molecule has 0 atom stereocenters. The lowest BCUT2D eigenvalue weighted by Crippen LogP contribution is -2.27. The van der Waals surface area contributed by atoms with E-state index >= 15 is 0 Å². The van der Waals surface area contributed by atoms with Gasteiger partial charge in [-0.2, -0.15) is 13.2 Å². The van der Waals surface area contributed by atoms with Gasteiger partial charge in [-0.1, -0.05) is 23.9 Å². The van der Waals surface area contributed by atoms with E-state index in [1.54, 1.807) is 10.8 Å². The first-order valence-corrected chi connectivity index (χ1v) is 9.62. The first-order chi connectivity index (χ1) is 14.2. The summed E-state index contributed by atoms with van der Waals surface area (Å²) in [7, 11) is 0. The lowest BCUT2D eigenvalue weighted by atomic mass is 10.1. The molecule has 0 bridgehead atoms. The van der Waals surface area contributed by atoms with Crippen LogP contribution >= 0.6 is 11.8 Å². The minimum absolute atomic E-state index is 0.101. The Morgan fingerprint density at radius 2 is 1.83 bits per heavy atom. The first kappa shape index (κ1) is 21.3. The SMILES string of the molecule is CSc1nnc(CNC(=O)c2ccccc2C(F)(F)F)n1-c1ccc([N+](=O)[O-])cc1. The average Bonchev–Trinajstić information content (AvgIpc) is 3.14. The van der Waals surface area contributed by atoms with E-state index in [4.69, 9.17) is 0 Å². The fourth-order valence-corrected chi connectivity index (χ4v) is 3.23. The standard InChI is InChI=1S/C18H14F3N5O3S/c1-30-17-24-23-15(25(17)11-6-8-12(9-7-11)26(28)29)10-22-16(27)13-4-2-3-5-14(13)18(19,20)21/h2-9H,10H2,1H3,(H,22,27). The topological polar surface area (TPSA) is 103 Å². The van der Waals surface area contributed by atoms with E-state index in [1.807, 2.05) is 0 Å². The molecule has 156 valence electrons. The predicted octanol–water partition coefficient (Wildman–Crippen LogP) is 3.85. The summed E-state index contributed by atoms with van der Waals surface area (Å²) >= 11 is 1.25. The second-order valence-corrected chi connectivity index (χ2v) is 6.71. The molecule has 3 rings (SSSR count). The molecule has 0 saturated heterocycles. The summed E-state index contributed by atoms with van der Waals surface area (Å²) in [6.07, 6.45) is -2.92. The quantitative estimate of drug-likeness (QED) is 0.357. The maximum Gasteiger partial charge on any atom is 0.417 e. The van der Waals surface area contributed by atoms with Crippen LogP contribution in [0.2, 0.25) is 0 Å². The Kier molecular flexibility index (Phi) is 6.06. The van der Waals surface area contributed by atoms with E-state index in [1.165, 1.54) is 48.2 Å². The Balaban J connectivity index is 1.86. The Morgan fingerprint density at radius 1 is 1.17 bits per heavy atom. The third-order valence-corrected chi connectivity index (χ3v) is 4.72. The molecule has 1 aromatic heterocycles. The minimum Gasteiger partial charge on any atom is -0.345 e. The van der Waals surface area contributed by atoms with Gasteiger partial charge in [0, 0.05) is 17.8 Å². The van der Waals surface area contributed by atoms with Crippen molar-refractivity contribution in [2.75, 3.05) is 6.26 Å². The van der Waals surface area contributed by atoms with Crippen LogP contribution in [0.3, 0.4) is 0 Å². The number of alkyl halides is 3. The number of thioether (sulfide) groups is 1. The van der Waals surface area contributed by atoms with Crippen LogP contribution < -0.4 is 5.32 Å². The highest BCUT2D eigenvalue weighted by Crippen LogP contribution is 2.31. The fraction of sp³-hybridized carbons (Fsp3) is 0.167. The Morgan fingerprint density at radius 3 is 2.43 bits per heavy atom. The molecular formula is C18H14F3N5O3S. The van der Waals surface area contributed by atoms with Crippen molar-refractivity contribution >= 4 is 23.4 Å². The number of nitrogens with one attached hydrogen (secondary N) is 1. The molecule has 0 unspecified atom stereocenters. The number of nitro benzene ring substituents is 1. The zero-order valence-corrected chi connectivity index (χ0v) is 16.2. The van der Waals surface area contributed by atoms with Crippen LogP contribution in [0.5, 0.6) is 0 Å². The van der Waals surface area contributed by atoms with Gasteiger partial charge in [0.2, 0.25) is 0 Å². The van der Waals surface area contributed by atoms with E-state index in [9.17, 15) is 28.1 Å². The number of halogens is 3. The van der Waals surface area contributed by atoms with Crippen LogP contribution in [0, 0.1) is 10.1 Å². The van der Waals surface area contributed by atoms with Crippen molar-refractivity contribution in [1.29, 1.82) is 0 Å². The number of benzene rings is 2. The summed E-state index contributed by atoms with van der Waals surface area (Å²) in [4.78, 5) is 22.7. The van der Waals surface area contributed by atoms with Crippen molar-refractivity contribution in [2.45, 2.75) is 17.9 Å². The smallest absolute Gasteiger partial charge is 0.345 e. The molecule has 1 N–H and O–H groups in total. The Hall–Kier alpha value is -3.41. The van der Waals surface area contributed by atoms with Crippen LogP contribution in [0.1, 0.15) is 21.7 Å². The van der Waals surface area contributed by atoms with Crippen LogP contribution in [-0.4, -0.2) is 31.9 Å². The van der Waals surface area contributed by atoms with Gasteiger partial charge in [0.15, 0.2) is 11.0 Å². The van der Waals surface area contributed by atoms with Crippen molar-refractivity contribution < 1.29 is 22.9 Å². The summed E-state index contributed by atoms with van der Waals surface area (Å²) in [5, 5.41) is 21.7. The van der Waals surface area contributed by atoms with E-state index < -0.39 is 28.1 Å². The highest BCUT2D eigenvalue weighted by molar-refractivity contribution is 7.98. The number of hydrogen-bond acceptors (Lipinski definition) is 6. The maximum atomic E-state index is 13.1. The number of carbonyl (C=O) groups is 1. The van der Waals surface area contributed by atoms with Gasteiger partial charge in [0.25, 0.3) is 11.6 Å². The van der Waals surface area contributed by atoms with E-state index in [0.29, 0.717) is 10.8 Å². The molecule has 0 radical (unpaired) electrons. The molecule has 12 heteroatoms. The van der Waals surface area contributed by atoms with Gasteiger partial charge in [0.05, 0.1) is 22.6 Å². The fourth-order valence-electron chi connectivity index (χ4n) is 2.71. The zero-order chi connectivity index (χ0) is 21.9. The Bertz CT molecular complexity index is 1080. The van der Waals surface area contributed by atoms with Gasteiger partial charge in [-0.05, 0) is 30.5 Å². The van der Waals surface area contributed by atoms with E-state index in [-0.39, 0.29) is 18.1 Å². The number of non-ortho nitro benzene ring substituents is 1. The number of hydrogen-bond donors (Lipinski definition) is 1. The van der Waals surface area contributed by atoms with Gasteiger partial charge >= 0.3 is 6.18 Å². The van der Waals surface area contributed by atoms with Crippen molar-refractivity contribution in [2.24, 2.45) is 0 Å². The number of aromatic nitrogens is 3. The first-order valence-electron chi connectivity index (χ1n) is 8.40. The molecule has 0 spiro atoms. The van der Waals surface area contributed by atoms with Crippen LogP contribution in [0.25, 0.3) is 5.69 Å². The highest BCUT2D eigenvalue weighted by atomic mass is 32.2. The van der Waals surface area contributed by atoms with Crippen molar-refractivity contribution in [1.82, 2.24) is 20.1 Å². The predicted molar refractivity (Wildman–Crippen MR) is 102 cm³/mol. The number of carbonyl (C=O) groups excluding carboxylic acids is 1. The normalized spacial score (nSPS) is 11.3. The molecule has 30 heavy (non-hydrogen) atoms. The maximum absolute atomic E-state index is 13.1. The summed E-state index contributed by atoms with van der Waals surface area (Å²) in [6, 6.07) is 10.1. The highest BCUT2D eigenvalue weighted by Gasteiger charge is 2.34. The van der Waals surface area contributed by atoms with Crippen LogP contribution in [0.4, 0.5) is 18.9 Å². The largest absolute Gasteiger partial charge is 0.417 e. The second-order valence-electron chi connectivity index (χ2n) is 5.94. The molecule has 0 aliphatic heterocycles. The molecular weight excluding hydrogens is 423 g/mol. The van der Waals surface area contributed by atoms with E-state index in [0.717, 1.165) is 12.1 Å². The van der Waals surface area contributed by atoms with Crippen molar-refractivity contribution in [3.63, 3.8) is 0 Å². The third-order valence-electron chi connectivity index (χ3n) is 4.09. The summed E-state index contributed by atoms with van der Waals surface area (Å²) in [5.41, 5.74) is -1.13. The van der Waals surface area contributed by atoms with Crippen LogP contribution in [0.15, 0.2) is 53.7 Å². The van der Waals surface area contributed by atoms with Gasteiger partial charge in [-0.25, -0.2) is 0 Å². The number of amides is 1. The summed E-state index contributed by atoms with van der Waals surface area (Å²) in [6.45, 7) is -0.199. The van der Waals surface area contributed by atoms with Gasteiger partial charge in [-0.15, -0.1) is 10.2 Å². The van der Waals surface area contributed by atoms with Crippen molar-refractivity contribution in [3.05, 3.63) is 75.6 Å². The second kappa shape index (κ2) is 8.53. The molecule has 0 saturated carbocycles. The lowest BCUT2D eigenvalue weighted by molar-refractivity contribution is -0.384. The molecule has 0 aliphatic carbocycles. The van der Waals surface area contributed by atoms with Gasteiger partial charge < -0.3 is 5.32 Å². The average molecular weight is 437 g/mol. The number of nitrogens with zero attached hydrogens (tertiary/aromatic N) is 4. The third kappa shape index (κ3) is 4.43.